The second-order valence-corrected chi connectivity index (χ2v) is 8.72. The van der Waals surface area contributed by atoms with Gasteiger partial charge in [0.1, 0.15) is 6.04 Å². The molecule has 1 atom stereocenters. The van der Waals surface area contributed by atoms with Crippen LogP contribution >= 0.6 is 0 Å². The third-order valence-corrected chi connectivity index (χ3v) is 5.36. The first-order valence-corrected chi connectivity index (χ1v) is 10.3. The highest BCUT2D eigenvalue weighted by molar-refractivity contribution is 6.02. The topological polar surface area (TPSA) is 61.4 Å². The van der Waals surface area contributed by atoms with Crippen LogP contribution in [-0.4, -0.2) is 30.9 Å². The lowest BCUT2D eigenvalue weighted by atomic mass is 9.86. The predicted octanol–water partition coefficient (Wildman–Crippen LogP) is 4.34. The van der Waals surface area contributed by atoms with Crippen molar-refractivity contribution in [2.24, 2.45) is 0 Å². The van der Waals surface area contributed by atoms with E-state index in [0.29, 0.717) is 5.56 Å². The number of benzene rings is 2. The van der Waals surface area contributed by atoms with Crippen molar-refractivity contribution in [3.8, 4) is 0 Å². The van der Waals surface area contributed by atoms with E-state index >= 15 is 0 Å². The molecule has 5 nitrogen and oxygen atoms in total. The molecule has 0 radical (unpaired) electrons. The lowest BCUT2D eigenvalue weighted by Crippen LogP contribution is -2.41. The molecule has 1 heterocycles. The number of hydrogen-bond donors (Lipinski definition) is 2. The van der Waals surface area contributed by atoms with Gasteiger partial charge in [0.15, 0.2) is 0 Å². The maximum atomic E-state index is 12.7. The molecule has 1 unspecified atom stereocenters. The Morgan fingerprint density at radius 3 is 2.21 bits per heavy atom. The van der Waals surface area contributed by atoms with Crippen molar-refractivity contribution in [2.75, 3.05) is 23.3 Å². The lowest BCUT2D eigenvalue weighted by Gasteiger charge is -2.22. The van der Waals surface area contributed by atoms with E-state index in [1.165, 1.54) is 18.4 Å². The van der Waals surface area contributed by atoms with Gasteiger partial charge in [-0.1, -0.05) is 45.0 Å². The molecule has 2 N–H and O–H groups in total. The summed E-state index contributed by atoms with van der Waals surface area (Å²) in [6, 6.07) is 14.7. The number of rotatable bonds is 5. The molecule has 5 heteroatoms. The maximum Gasteiger partial charge on any atom is 0.251 e. The van der Waals surface area contributed by atoms with E-state index in [1.807, 2.05) is 48.5 Å². The van der Waals surface area contributed by atoms with Gasteiger partial charge in [0.2, 0.25) is 5.91 Å². The minimum atomic E-state index is -0.642. The van der Waals surface area contributed by atoms with Crippen LogP contribution in [0.5, 0.6) is 0 Å². The second kappa shape index (κ2) is 8.68. The van der Waals surface area contributed by atoms with Crippen LogP contribution in [-0.2, 0) is 10.2 Å². The first kappa shape index (κ1) is 20.9. The summed E-state index contributed by atoms with van der Waals surface area (Å²) in [4.78, 5) is 27.5. The minimum absolute atomic E-state index is 0.0327. The van der Waals surface area contributed by atoms with Crippen LogP contribution in [0.3, 0.4) is 0 Å². The van der Waals surface area contributed by atoms with Crippen molar-refractivity contribution in [3.05, 3.63) is 59.7 Å². The van der Waals surface area contributed by atoms with Gasteiger partial charge >= 0.3 is 0 Å². The van der Waals surface area contributed by atoms with Gasteiger partial charge in [-0.05, 0) is 55.0 Å². The van der Waals surface area contributed by atoms with E-state index in [4.69, 9.17) is 0 Å². The Morgan fingerprint density at radius 2 is 1.59 bits per heavy atom. The Morgan fingerprint density at radius 1 is 0.966 bits per heavy atom. The van der Waals surface area contributed by atoms with E-state index in [9.17, 15) is 9.59 Å². The number of hydrogen-bond acceptors (Lipinski definition) is 3. The molecule has 3 rings (SSSR count). The molecule has 2 amide bonds. The van der Waals surface area contributed by atoms with Crippen molar-refractivity contribution >= 4 is 23.2 Å². The van der Waals surface area contributed by atoms with E-state index in [2.05, 4.69) is 36.3 Å². The fourth-order valence-corrected chi connectivity index (χ4v) is 3.52. The zero-order valence-electron chi connectivity index (χ0n) is 17.8. The third-order valence-electron chi connectivity index (χ3n) is 5.36. The van der Waals surface area contributed by atoms with Crippen LogP contribution in [0.1, 0.15) is 56.5 Å². The van der Waals surface area contributed by atoms with E-state index < -0.39 is 6.04 Å². The van der Waals surface area contributed by atoms with Crippen LogP contribution in [0.2, 0.25) is 0 Å². The highest BCUT2D eigenvalue weighted by atomic mass is 16.2. The summed E-state index contributed by atoms with van der Waals surface area (Å²) in [5.41, 5.74) is 3.57. The molecule has 0 bridgehead atoms. The van der Waals surface area contributed by atoms with Crippen molar-refractivity contribution in [2.45, 2.75) is 52.0 Å². The van der Waals surface area contributed by atoms with Gasteiger partial charge in [0.05, 0.1) is 11.4 Å². The number of nitrogens with zero attached hydrogens (tertiary/aromatic N) is 1. The molecule has 1 aliphatic rings. The molecule has 1 aliphatic heterocycles. The van der Waals surface area contributed by atoms with Crippen molar-refractivity contribution in [1.29, 1.82) is 0 Å². The molecule has 2 aromatic rings. The molecule has 2 aromatic carbocycles. The number of para-hydroxylation sites is 2. The van der Waals surface area contributed by atoms with E-state index in [1.54, 1.807) is 6.92 Å². The summed E-state index contributed by atoms with van der Waals surface area (Å²) in [6.07, 6.45) is 2.34. The summed E-state index contributed by atoms with van der Waals surface area (Å²) >= 11 is 0. The summed E-state index contributed by atoms with van der Waals surface area (Å²) in [7, 11) is 0. The zero-order chi connectivity index (χ0) is 21.0. The van der Waals surface area contributed by atoms with Crippen molar-refractivity contribution in [3.63, 3.8) is 0 Å². The van der Waals surface area contributed by atoms with Crippen LogP contribution in [0, 0.1) is 0 Å². The van der Waals surface area contributed by atoms with Crippen molar-refractivity contribution in [1.82, 2.24) is 5.32 Å². The summed E-state index contributed by atoms with van der Waals surface area (Å²) in [5, 5.41) is 5.78. The highest BCUT2D eigenvalue weighted by Crippen LogP contribution is 2.28. The molecule has 29 heavy (non-hydrogen) atoms. The van der Waals surface area contributed by atoms with Gasteiger partial charge in [-0.15, -0.1) is 0 Å². The Hall–Kier alpha value is -2.82. The highest BCUT2D eigenvalue weighted by Gasteiger charge is 2.21. The second-order valence-electron chi connectivity index (χ2n) is 8.72. The molecular weight excluding hydrogens is 362 g/mol. The number of carbonyl (C=O) groups is 2. The number of amides is 2. The number of carbonyl (C=O) groups excluding carboxylic acids is 2. The fourth-order valence-electron chi connectivity index (χ4n) is 3.52. The van der Waals surface area contributed by atoms with Crippen LogP contribution < -0.4 is 15.5 Å². The first-order valence-electron chi connectivity index (χ1n) is 10.3. The lowest BCUT2D eigenvalue weighted by molar-refractivity contribution is -0.117. The van der Waals surface area contributed by atoms with Crippen molar-refractivity contribution < 1.29 is 9.59 Å². The normalized spacial score (nSPS) is 15.1. The van der Waals surface area contributed by atoms with Gasteiger partial charge in [-0.25, -0.2) is 0 Å². The monoisotopic (exact) mass is 393 g/mol. The average molecular weight is 394 g/mol. The van der Waals surface area contributed by atoms with Gasteiger partial charge in [-0.3, -0.25) is 9.59 Å². The van der Waals surface area contributed by atoms with Gasteiger partial charge < -0.3 is 15.5 Å². The Balaban J connectivity index is 1.63. The first-order chi connectivity index (χ1) is 13.8. The zero-order valence-corrected chi connectivity index (χ0v) is 17.8. The molecule has 1 fully saturated rings. The van der Waals surface area contributed by atoms with Gasteiger partial charge in [-0.2, -0.15) is 0 Å². The quantitative estimate of drug-likeness (QED) is 0.794. The molecule has 1 saturated heterocycles. The smallest absolute Gasteiger partial charge is 0.251 e. The van der Waals surface area contributed by atoms with E-state index in [-0.39, 0.29) is 17.2 Å². The number of anilines is 2. The predicted molar refractivity (Wildman–Crippen MR) is 119 cm³/mol. The Labute approximate surface area is 173 Å². The Kier molecular flexibility index (Phi) is 6.26. The summed E-state index contributed by atoms with van der Waals surface area (Å²) in [5.74, 6) is -0.475. The molecule has 154 valence electrons. The third kappa shape index (κ3) is 5.17. The van der Waals surface area contributed by atoms with Gasteiger partial charge in [0, 0.05) is 18.7 Å². The number of nitrogens with one attached hydrogen (secondary N) is 2. The maximum absolute atomic E-state index is 12.7. The van der Waals surface area contributed by atoms with E-state index in [0.717, 1.165) is 24.5 Å². The molecule has 0 spiro atoms. The summed E-state index contributed by atoms with van der Waals surface area (Å²) in [6.45, 7) is 10.1. The van der Waals surface area contributed by atoms with Crippen LogP contribution in [0.25, 0.3) is 0 Å². The average Bonchev–Trinajstić information content (AvgIpc) is 3.22. The standard InChI is InChI=1S/C24H31N3O2/c1-17(25-23(29)18-11-13-19(14-12-18)24(2,3)4)22(28)26-20-9-5-6-10-21(20)27-15-7-8-16-27/h5-6,9-14,17H,7-8,15-16H2,1-4H3,(H,25,29)(H,26,28). The largest absolute Gasteiger partial charge is 0.370 e. The van der Waals surface area contributed by atoms with Crippen LogP contribution in [0.4, 0.5) is 11.4 Å². The minimum Gasteiger partial charge on any atom is -0.370 e. The fraction of sp³-hybridized carbons (Fsp3) is 0.417. The Bertz CT molecular complexity index is 862. The summed E-state index contributed by atoms with van der Waals surface area (Å²) < 4.78 is 0. The van der Waals surface area contributed by atoms with Crippen LogP contribution in [0.15, 0.2) is 48.5 Å². The molecule has 0 aromatic heterocycles. The SMILES string of the molecule is CC(NC(=O)c1ccc(C(C)(C)C)cc1)C(=O)Nc1ccccc1N1CCCC1. The molecule has 0 aliphatic carbocycles. The molecule has 0 saturated carbocycles. The van der Waals surface area contributed by atoms with Gasteiger partial charge in [0.25, 0.3) is 5.91 Å². The molecular formula is C24H31N3O2.